The van der Waals surface area contributed by atoms with Crippen LogP contribution < -0.4 is 0 Å². The number of aryl methyl sites for hydroxylation is 2. The summed E-state index contributed by atoms with van der Waals surface area (Å²) in [6.45, 7) is 1.86. The van der Waals surface area contributed by atoms with Gasteiger partial charge in [-0.1, -0.05) is 18.2 Å². The van der Waals surface area contributed by atoms with Crippen molar-refractivity contribution in [2.75, 3.05) is 26.2 Å². The Labute approximate surface area is 212 Å². The molecule has 1 fully saturated rings. The van der Waals surface area contributed by atoms with Gasteiger partial charge in [0.25, 0.3) is 10.0 Å². The lowest BCUT2D eigenvalue weighted by Crippen LogP contribution is -2.51. The molecule has 1 unspecified atom stereocenters. The first-order valence-corrected chi connectivity index (χ1v) is 13.2. The van der Waals surface area contributed by atoms with E-state index in [1.165, 1.54) is 17.5 Å². The fourth-order valence-corrected chi connectivity index (χ4v) is 6.08. The quantitative estimate of drug-likeness (QED) is 0.377. The fourth-order valence-electron chi connectivity index (χ4n) is 4.75. The minimum Gasteiger partial charge on any atom is -0.293 e. The van der Waals surface area contributed by atoms with Crippen molar-refractivity contribution >= 4 is 20.9 Å². The van der Waals surface area contributed by atoms with Crippen molar-refractivity contribution in [1.29, 1.82) is 0 Å². The van der Waals surface area contributed by atoms with E-state index in [4.69, 9.17) is 0 Å². The summed E-state index contributed by atoms with van der Waals surface area (Å²) in [7, 11) is -2.44. The number of fused-ring (bicyclic) bond motifs is 1. The number of benzene rings is 2. The van der Waals surface area contributed by atoms with Crippen LogP contribution in [0.25, 0.3) is 16.6 Å². The zero-order chi connectivity index (χ0) is 26.4. The molecule has 2 aromatic carbocycles. The predicted octanol–water partition coefficient (Wildman–Crippen LogP) is 3.46. The van der Waals surface area contributed by atoms with Crippen LogP contribution in [0.3, 0.4) is 0 Å². The third-order valence-corrected chi connectivity index (χ3v) is 8.36. The van der Waals surface area contributed by atoms with E-state index >= 15 is 0 Å². The van der Waals surface area contributed by atoms with Gasteiger partial charge in [-0.05, 0) is 42.3 Å². The zero-order valence-electron chi connectivity index (χ0n) is 20.3. The minimum absolute atomic E-state index is 0.00403. The number of para-hydroxylation sites is 1. The van der Waals surface area contributed by atoms with E-state index in [1.807, 2.05) is 49.4 Å². The maximum Gasteiger partial charge on any atom is 0.390 e. The molecule has 1 atom stereocenters. The Balaban J connectivity index is 1.52. The monoisotopic (exact) mass is 533 g/mol. The highest BCUT2D eigenvalue weighted by molar-refractivity contribution is 7.89. The fraction of sp³-hybridized carbons (Fsp3) is 0.375. The third-order valence-electron chi connectivity index (χ3n) is 6.63. The number of piperazine rings is 1. The van der Waals surface area contributed by atoms with Gasteiger partial charge in [-0.3, -0.25) is 4.90 Å². The Morgan fingerprint density at radius 3 is 2.49 bits per heavy atom. The van der Waals surface area contributed by atoms with Gasteiger partial charge >= 0.3 is 6.18 Å². The topological polar surface area (TPSA) is 89.2 Å². The Bertz CT molecular complexity index is 1520. The lowest BCUT2D eigenvalue weighted by molar-refractivity contribution is -0.140. The lowest BCUT2D eigenvalue weighted by atomic mass is 9.96. The molecular weight excluding hydrogens is 507 g/mol. The molecule has 13 heteroatoms. The summed E-state index contributed by atoms with van der Waals surface area (Å²) in [5.74, 6) is 0. The summed E-state index contributed by atoms with van der Waals surface area (Å²) in [5.41, 5.74) is 3.34. The van der Waals surface area contributed by atoms with E-state index in [9.17, 15) is 21.6 Å². The number of hydrogen-bond donors (Lipinski definition) is 0. The smallest absolute Gasteiger partial charge is 0.293 e. The average Bonchev–Trinajstić information content (AvgIpc) is 3.48. The van der Waals surface area contributed by atoms with E-state index < -0.39 is 28.7 Å². The number of alkyl halides is 3. The molecule has 196 valence electrons. The van der Waals surface area contributed by atoms with Crippen LogP contribution in [0.2, 0.25) is 0 Å². The lowest BCUT2D eigenvalue weighted by Gasteiger charge is -2.41. The first-order chi connectivity index (χ1) is 17.5. The van der Waals surface area contributed by atoms with Crippen molar-refractivity contribution in [1.82, 2.24) is 34.0 Å². The summed E-state index contributed by atoms with van der Waals surface area (Å²) < 4.78 is 69.0. The number of nitrogens with zero attached hydrogens (tertiary/aromatic N) is 7. The summed E-state index contributed by atoms with van der Waals surface area (Å²) in [6, 6.07) is 12.9. The largest absolute Gasteiger partial charge is 0.390 e. The van der Waals surface area contributed by atoms with Crippen molar-refractivity contribution < 1.29 is 21.6 Å². The third kappa shape index (κ3) is 5.11. The van der Waals surface area contributed by atoms with Gasteiger partial charge in [0, 0.05) is 44.7 Å². The molecule has 0 spiro atoms. The van der Waals surface area contributed by atoms with Gasteiger partial charge < -0.3 is 0 Å². The molecule has 1 aliphatic heterocycles. The number of sulfonamides is 1. The maximum absolute atomic E-state index is 13.3. The molecule has 3 heterocycles. The highest BCUT2D eigenvalue weighted by Crippen LogP contribution is 2.34. The van der Waals surface area contributed by atoms with Crippen molar-refractivity contribution in [3.63, 3.8) is 0 Å². The summed E-state index contributed by atoms with van der Waals surface area (Å²) in [6.07, 6.45) is -2.41. The highest BCUT2D eigenvalue weighted by Gasteiger charge is 2.38. The SMILES string of the molecule is Cc1cc2c(cnn2-c2ccccc2)cc1C1CN(S(=O)(=O)c2cnn(C)n2)CCN1CCC(F)(F)F. The van der Waals surface area contributed by atoms with Crippen molar-refractivity contribution in [3.05, 3.63) is 66.0 Å². The van der Waals surface area contributed by atoms with Crippen LogP contribution in [-0.2, 0) is 17.1 Å². The standard InChI is InChI=1S/C24H26F3N7O2S/c1-17-12-21-18(14-29-34(21)19-6-4-3-5-7-19)13-20(17)22-16-33(11-10-32(22)9-8-24(25,26)27)37(35,36)23-15-28-31(2)30-23/h3-7,12-15,22H,8-11,16H2,1-2H3. The van der Waals surface area contributed by atoms with Gasteiger partial charge in [-0.2, -0.15) is 32.5 Å². The second-order valence-electron chi connectivity index (χ2n) is 9.11. The van der Waals surface area contributed by atoms with Crippen molar-refractivity contribution in [2.24, 2.45) is 7.05 Å². The summed E-state index contributed by atoms with van der Waals surface area (Å²) in [4.78, 5) is 2.87. The maximum atomic E-state index is 13.3. The van der Waals surface area contributed by atoms with Crippen LogP contribution in [0.1, 0.15) is 23.6 Å². The molecule has 0 radical (unpaired) electrons. The Morgan fingerprint density at radius 1 is 1.05 bits per heavy atom. The van der Waals surface area contributed by atoms with Gasteiger partial charge in [-0.15, -0.1) is 5.10 Å². The second-order valence-corrected chi connectivity index (χ2v) is 11.0. The number of rotatable bonds is 6. The van der Waals surface area contributed by atoms with Gasteiger partial charge in [0.05, 0.1) is 30.0 Å². The van der Waals surface area contributed by atoms with Gasteiger partial charge in [-0.25, -0.2) is 13.1 Å². The molecule has 37 heavy (non-hydrogen) atoms. The minimum atomic E-state index is -4.32. The number of halogens is 3. The van der Waals surface area contributed by atoms with E-state index in [2.05, 4.69) is 15.3 Å². The van der Waals surface area contributed by atoms with Crippen LogP contribution in [0, 0.1) is 6.92 Å². The highest BCUT2D eigenvalue weighted by atomic mass is 32.2. The Morgan fingerprint density at radius 2 is 1.81 bits per heavy atom. The average molecular weight is 534 g/mol. The molecule has 0 N–H and O–H groups in total. The molecule has 0 aliphatic carbocycles. The van der Waals surface area contributed by atoms with Gasteiger partial charge in [0.15, 0.2) is 0 Å². The summed E-state index contributed by atoms with van der Waals surface area (Å²) >= 11 is 0. The van der Waals surface area contributed by atoms with Crippen LogP contribution in [-0.4, -0.2) is 74.8 Å². The molecular formula is C24H26F3N7O2S. The molecule has 2 aromatic heterocycles. The van der Waals surface area contributed by atoms with E-state index in [-0.39, 0.29) is 31.2 Å². The van der Waals surface area contributed by atoms with Crippen LogP contribution in [0.15, 0.2) is 59.9 Å². The molecule has 9 nitrogen and oxygen atoms in total. The van der Waals surface area contributed by atoms with Crippen molar-refractivity contribution in [3.8, 4) is 5.69 Å². The van der Waals surface area contributed by atoms with Gasteiger partial charge in [0.1, 0.15) is 0 Å². The van der Waals surface area contributed by atoms with Crippen LogP contribution >= 0.6 is 0 Å². The molecule has 0 amide bonds. The second kappa shape index (κ2) is 9.54. The molecule has 5 rings (SSSR count). The van der Waals surface area contributed by atoms with E-state index in [1.54, 1.807) is 15.8 Å². The van der Waals surface area contributed by atoms with E-state index in [0.29, 0.717) is 0 Å². The van der Waals surface area contributed by atoms with Gasteiger partial charge in [0.2, 0.25) is 5.03 Å². The summed E-state index contributed by atoms with van der Waals surface area (Å²) in [5, 5.41) is 12.9. The predicted molar refractivity (Wildman–Crippen MR) is 131 cm³/mol. The van der Waals surface area contributed by atoms with Crippen LogP contribution in [0.5, 0.6) is 0 Å². The molecule has 4 aromatic rings. The van der Waals surface area contributed by atoms with Crippen LogP contribution in [0.4, 0.5) is 13.2 Å². The number of aromatic nitrogens is 5. The van der Waals surface area contributed by atoms with Crippen molar-refractivity contribution in [2.45, 2.75) is 30.6 Å². The Hall–Kier alpha value is -3.29. The van der Waals surface area contributed by atoms with E-state index in [0.717, 1.165) is 32.5 Å². The normalized spacial score (nSPS) is 18.0. The molecule has 1 saturated heterocycles. The zero-order valence-corrected chi connectivity index (χ0v) is 21.1. The first kappa shape index (κ1) is 25.4. The Kier molecular flexibility index (Phi) is 6.54. The molecule has 0 bridgehead atoms. The molecule has 1 aliphatic rings. The number of hydrogen-bond acceptors (Lipinski definition) is 6. The molecule has 0 saturated carbocycles. The first-order valence-electron chi connectivity index (χ1n) is 11.7.